The van der Waals surface area contributed by atoms with E-state index in [1.165, 1.54) is 6.66 Å². The van der Waals surface area contributed by atoms with Crippen molar-refractivity contribution < 1.29 is 18.9 Å². The summed E-state index contributed by atoms with van der Waals surface area (Å²) in [6.07, 6.45) is 8.32. The van der Waals surface area contributed by atoms with Gasteiger partial charge in [0.25, 0.3) is 0 Å². The maximum atomic E-state index is 11.4. The van der Waals surface area contributed by atoms with Crippen LogP contribution in [-0.2, 0) is 21.1 Å². The number of allylic oxidation sites excluding steroid dienone is 2. The molecule has 2 unspecified atom stereocenters. The second-order valence-corrected chi connectivity index (χ2v) is 8.02. The predicted octanol–water partition coefficient (Wildman–Crippen LogP) is 1.88. The normalized spacial score (nSPS) is 25.3. The van der Waals surface area contributed by atoms with Crippen molar-refractivity contribution >= 4 is 24.4 Å². The van der Waals surface area contributed by atoms with E-state index in [1.54, 1.807) is 0 Å². The van der Waals surface area contributed by atoms with Crippen LogP contribution in [0, 0.1) is 0 Å². The zero-order chi connectivity index (χ0) is 13.4. The molecule has 2 atom stereocenters. The summed E-state index contributed by atoms with van der Waals surface area (Å²) in [6, 6.07) is 0. The van der Waals surface area contributed by atoms with Crippen LogP contribution in [0.25, 0.3) is 0 Å². The molecule has 0 aromatic rings. The number of carbonyl (C=O) groups excluding carboxylic acids is 1. The standard InChI is InChI=1S/C11H20NO4PS/c1-17(14,18)15-9-12-11(13)16-10-7-5-3-2-4-6-8-10/h2-3,10H,4-9H2,1H3,(H,12,13)(H,14,18)/p-1/b3-2+. The highest BCUT2D eigenvalue weighted by molar-refractivity contribution is 8.08. The van der Waals surface area contributed by atoms with Crippen LogP contribution >= 0.6 is 6.49 Å². The summed E-state index contributed by atoms with van der Waals surface area (Å²) in [5.41, 5.74) is 0. The highest BCUT2D eigenvalue weighted by Crippen LogP contribution is 2.30. The van der Waals surface area contributed by atoms with Gasteiger partial charge in [0.2, 0.25) is 0 Å². The lowest BCUT2D eigenvalue weighted by Gasteiger charge is -2.23. The molecule has 0 aromatic heterocycles. The molecule has 1 rings (SSSR count). The number of alkyl carbamates (subject to hydrolysis) is 1. The molecule has 1 amide bonds. The summed E-state index contributed by atoms with van der Waals surface area (Å²) in [6.45, 7) is -1.84. The van der Waals surface area contributed by atoms with Gasteiger partial charge < -0.3 is 14.2 Å². The van der Waals surface area contributed by atoms with Gasteiger partial charge in [0.1, 0.15) is 12.8 Å². The van der Waals surface area contributed by atoms with Crippen LogP contribution in [0.2, 0.25) is 0 Å². The number of carbonyl (C=O) groups is 1. The Balaban J connectivity index is 2.22. The SMILES string of the molecule is CP([O-])(=S)OCNC(=O)OC1CC/C=C/CCC1. The molecule has 0 aromatic carbocycles. The Bertz CT molecular complexity index is 342. The van der Waals surface area contributed by atoms with E-state index in [9.17, 15) is 9.69 Å². The minimum absolute atomic E-state index is 0.0631. The molecule has 0 saturated heterocycles. The predicted molar refractivity (Wildman–Crippen MR) is 71.8 cm³/mol. The van der Waals surface area contributed by atoms with E-state index in [0.717, 1.165) is 32.1 Å². The molecule has 7 heteroatoms. The monoisotopic (exact) mass is 292 g/mol. The van der Waals surface area contributed by atoms with Gasteiger partial charge in [-0.25, -0.2) is 4.79 Å². The summed E-state index contributed by atoms with van der Waals surface area (Å²) in [4.78, 5) is 22.5. The molecule has 0 fully saturated rings. The van der Waals surface area contributed by atoms with Crippen molar-refractivity contribution in [1.82, 2.24) is 5.32 Å². The van der Waals surface area contributed by atoms with Crippen molar-refractivity contribution in [2.75, 3.05) is 13.4 Å². The zero-order valence-electron chi connectivity index (χ0n) is 10.5. The number of hydrogen-bond donors (Lipinski definition) is 1. The van der Waals surface area contributed by atoms with Gasteiger partial charge in [-0.3, -0.25) is 5.32 Å². The van der Waals surface area contributed by atoms with Gasteiger partial charge in [-0.2, -0.15) is 0 Å². The average molecular weight is 292 g/mol. The molecule has 0 bridgehead atoms. The van der Waals surface area contributed by atoms with Crippen molar-refractivity contribution in [1.29, 1.82) is 0 Å². The van der Waals surface area contributed by atoms with Crippen molar-refractivity contribution in [3.63, 3.8) is 0 Å². The number of rotatable bonds is 4. The summed E-state index contributed by atoms with van der Waals surface area (Å²) in [5.74, 6) is 0. The molecule has 1 N–H and O–H groups in total. The van der Waals surface area contributed by atoms with Crippen molar-refractivity contribution in [3.05, 3.63) is 12.2 Å². The highest BCUT2D eigenvalue weighted by atomic mass is 32.5. The quantitative estimate of drug-likeness (QED) is 0.486. The van der Waals surface area contributed by atoms with Gasteiger partial charge in [-0.15, -0.1) is 0 Å². The Morgan fingerprint density at radius 3 is 2.94 bits per heavy atom. The summed E-state index contributed by atoms with van der Waals surface area (Å²) in [7, 11) is 0. The van der Waals surface area contributed by atoms with Crippen LogP contribution in [0.3, 0.4) is 0 Å². The van der Waals surface area contributed by atoms with E-state index in [0.29, 0.717) is 0 Å². The van der Waals surface area contributed by atoms with Crippen molar-refractivity contribution in [2.24, 2.45) is 0 Å². The molecular formula is C11H19NO4PS-. The zero-order valence-corrected chi connectivity index (χ0v) is 12.2. The average Bonchev–Trinajstić information content (AvgIpc) is 2.20. The van der Waals surface area contributed by atoms with E-state index in [2.05, 4.69) is 29.3 Å². The number of hydrogen-bond acceptors (Lipinski definition) is 5. The Morgan fingerprint density at radius 1 is 1.50 bits per heavy atom. The maximum absolute atomic E-state index is 11.4. The molecule has 0 aliphatic heterocycles. The van der Waals surface area contributed by atoms with Gasteiger partial charge in [0.05, 0.1) is 0 Å². The summed E-state index contributed by atoms with van der Waals surface area (Å²) in [5, 5.41) is 2.38. The van der Waals surface area contributed by atoms with Gasteiger partial charge in [0.15, 0.2) is 0 Å². The molecule has 0 radical (unpaired) electrons. The van der Waals surface area contributed by atoms with Crippen LogP contribution < -0.4 is 10.2 Å². The lowest BCUT2D eigenvalue weighted by molar-refractivity contribution is -0.180. The van der Waals surface area contributed by atoms with Crippen molar-refractivity contribution in [2.45, 2.75) is 38.2 Å². The first-order valence-corrected chi connectivity index (χ1v) is 9.08. The summed E-state index contributed by atoms with van der Waals surface area (Å²) < 4.78 is 10.0. The molecule has 104 valence electrons. The smallest absolute Gasteiger partial charge is 0.409 e. The molecule has 1 aliphatic rings. The van der Waals surface area contributed by atoms with Crippen LogP contribution in [0.15, 0.2) is 12.2 Å². The fourth-order valence-corrected chi connectivity index (χ4v) is 2.10. The molecule has 0 spiro atoms. The molecule has 5 nitrogen and oxygen atoms in total. The fourth-order valence-electron chi connectivity index (χ4n) is 1.64. The Labute approximate surface area is 113 Å². The van der Waals surface area contributed by atoms with Gasteiger partial charge in [0, 0.05) is 0 Å². The highest BCUT2D eigenvalue weighted by Gasteiger charge is 2.14. The topological polar surface area (TPSA) is 70.6 Å². The van der Waals surface area contributed by atoms with Gasteiger partial charge >= 0.3 is 6.09 Å². The molecule has 0 heterocycles. The van der Waals surface area contributed by atoms with E-state index < -0.39 is 12.6 Å². The first kappa shape index (κ1) is 15.6. The van der Waals surface area contributed by atoms with Crippen LogP contribution in [0.1, 0.15) is 32.1 Å². The van der Waals surface area contributed by atoms with E-state index in [1.807, 2.05) is 0 Å². The van der Waals surface area contributed by atoms with E-state index in [4.69, 9.17) is 9.26 Å². The lowest BCUT2D eigenvalue weighted by atomic mass is 10.0. The van der Waals surface area contributed by atoms with Crippen LogP contribution in [0.4, 0.5) is 4.79 Å². The maximum Gasteiger partial charge on any atom is 0.409 e. The van der Waals surface area contributed by atoms with Gasteiger partial charge in [-0.05, 0) is 45.3 Å². The third kappa shape index (κ3) is 7.82. The molecule has 1 aliphatic carbocycles. The number of amides is 1. The Hall–Kier alpha value is -0.420. The molecule has 18 heavy (non-hydrogen) atoms. The van der Waals surface area contributed by atoms with Crippen molar-refractivity contribution in [3.8, 4) is 0 Å². The Kier molecular flexibility index (Phi) is 6.86. The largest absolute Gasteiger partial charge is 0.801 e. The number of ether oxygens (including phenoxy) is 1. The second kappa shape index (κ2) is 7.89. The Morgan fingerprint density at radius 2 is 2.22 bits per heavy atom. The van der Waals surface area contributed by atoms with Gasteiger partial charge in [-0.1, -0.05) is 24.0 Å². The first-order chi connectivity index (χ1) is 8.47. The van der Waals surface area contributed by atoms with E-state index in [-0.39, 0.29) is 12.8 Å². The third-order valence-electron chi connectivity index (χ3n) is 2.51. The number of nitrogens with one attached hydrogen (secondary N) is 1. The molecular weight excluding hydrogens is 273 g/mol. The first-order valence-electron chi connectivity index (χ1n) is 6.00. The third-order valence-corrected chi connectivity index (χ3v) is 3.42. The summed E-state index contributed by atoms with van der Waals surface area (Å²) >= 11 is 4.56. The second-order valence-electron chi connectivity index (χ2n) is 4.23. The van der Waals surface area contributed by atoms with E-state index >= 15 is 0 Å². The minimum atomic E-state index is -2.97. The fraction of sp³-hybridized carbons (Fsp3) is 0.727. The van der Waals surface area contributed by atoms with Crippen LogP contribution in [-0.4, -0.2) is 25.6 Å². The minimum Gasteiger partial charge on any atom is -0.801 e. The van der Waals surface area contributed by atoms with Crippen LogP contribution in [0.5, 0.6) is 0 Å². The lowest BCUT2D eigenvalue weighted by Crippen LogP contribution is -2.31. The molecule has 0 saturated carbocycles.